The van der Waals surface area contributed by atoms with Gasteiger partial charge < -0.3 is 4.57 Å². The number of nitrogens with zero attached hydrogens (tertiary/aromatic N) is 2. The molecule has 1 aromatic heterocycles. The summed E-state index contributed by atoms with van der Waals surface area (Å²) in [7, 11) is 0. The Hall–Kier alpha value is -1.65. The SMILES string of the molecule is CCCn1ccnc1CC(NN)c1ccc(CC)cc1. The minimum atomic E-state index is 0.0962. The van der Waals surface area contributed by atoms with E-state index < -0.39 is 0 Å². The Morgan fingerprint density at radius 3 is 2.60 bits per heavy atom. The number of imidazole rings is 1. The smallest absolute Gasteiger partial charge is 0.110 e. The number of hydrogen-bond donors (Lipinski definition) is 2. The maximum Gasteiger partial charge on any atom is 0.110 e. The van der Waals surface area contributed by atoms with E-state index in [0.717, 1.165) is 31.6 Å². The second-order valence-electron chi connectivity index (χ2n) is 5.06. The van der Waals surface area contributed by atoms with Crippen LogP contribution in [0.4, 0.5) is 0 Å². The molecule has 0 fully saturated rings. The molecule has 0 amide bonds. The summed E-state index contributed by atoms with van der Waals surface area (Å²) in [5, 5.41) is 0. The van der Waals surface area contributed by atoms with E-state index in [0.29, 0.717) is 0 Å². The van der Waals surface area contributed by atoms with Crippen LogP contribution in [0.3, 0.4) is 0 Å². The van der Waals surface area contributed by atoms with Crippen molar-refractivity contribution in [3.05, 3.63) is 53.6 Å². The number of hydrogen-bond acceptors (Lipinski definition) is 3. The average molecular weight is 272 g/mol. The molecule has 1 atom stereocenters. The predicted octanol–water partition coefficient (Wildman–Crippen LogP) is 2.60. The van der Waals surface area contributed by atoms with Gasteiger partial charge >= 0.3 is 0 Å². The largest absolute Gasteiger partial charge is 0.335 e. The molecule has 0 radical (unpaired) electrons. The zero-order valence-corrected chi connectivity index (χ0v) is 12.3. The number of benzene rings is 1. The quantitative estimate of drug-likeness (QED) is 0.602. The zero-order chi connectivity index (χ0) is 14.4. The van der Waals surface area contributed by atoms with Crippen LogP contribution < -0.4 is 11.3 Å². The monoisotopic (exact) mass is 272 g/mol. The summed E-state index contributed by atoms with van der Waals surface area (Å²) in [5.74, 6) is 6.81. The first-order chi connectivity index (χ1) is 9.78. The fourth-order valence-corrected chi connectivity index (χ4v) is 2.42. The van der Waals surface area contributed by atoms with Crippen LogP contribution in [0.1, 0.15) is 43.3 Å². The van der Waals surface area contributed by atoms with Gasteiger partial charge in [-0.1, -0.05) is 38.1 Å². The molecule has 2 rings (SSSR count). The van der Waals surface area contributed by atoms with Crippen molar-refractivity contribution >= 4 is 0 Å². The van der Waals surface area contributed by atoms with Gasteiger partial charge in [-0.2, -0.15) is 0 Å². The number of aryl methyl sites for hydroxylation is 2. The van der Waals surface area contributed by atoms with Gasteiger partial charge in [0.25, 0.3) is 0 Å². The van der Waals surface area contributed by atoms with Crippen molar-refractivity contribution in [1.82, 2.24) is 15.0 Å². The molecular weight excluding hydrogens is 248 g/mol. The van der Waals surface area contributed by atoms with E-state index >= 15 is 0 Å². The van der Waals surface area contributed by atoms with Crippen LogP contribution in [0.25, 0.3) is 0 Å². The lowest BCUT2D eigenvalue weighted by molar-refractivity contribution is 0.517. The number of nitrogens with one attached hydrogen (secondary N) is 1. The van der Waals surface area contributed by atoms with E-state index in [4.69, 9.17) is 5.84 Å². The highest BCUT2D eigenvalue weighted by Gasteiger charge is 2.13. The Morgan fingerprint density at radius 2 is 2.00 bits per heavy atom. The highest BCUT2D eigenvalue weighted by atomic mass is 15.2. The Balaban J connectivity index is 2.13. The summed E-state index contributed by atoms with van der Waals surface area (Å²) in [6, 6.07) is 8.72. The summed E-state index contributed by atoms with van der Waals surface area (Å²) in [5.41, 5.74) is 5.46. The van der Waals surface area contributed by atoms with Gasteiger partial charge in [0, 0.05) is 25.4 Å². The molecule has 108 valence electrons. The van der Waals surface area contributed by atoms with E-state index in [1.54, 1.807) is 0 Å². The third kappa shape index (κ3) is 3.46. The van der Waals surface area contributed by atoms with Gasteiger partial charge in [0.05, 0.1) is 6.04 Å². The number of rotatable bonds is 7. The molecule has 0 aliphatic rings. The van der Waals surface area contributed by atoms with Crippen LogP contribution in [0.15, 0.2) is 36.7 Å². The van der Waals surface area contributed by atoms with Crippen molar-refractivity contribution in [3.63, 3.8) is 0 Å². The maximum atomic E-state index is 5.73. The van der Waals surface area contributed by atoms with E-state index in [-0.39, 0.29) is 6.04 Å². The topological polar surface area (TPSA) is 55.9 Å². The van der Waals surface area contributed by atoms with Crippen LogP contribution in [-0.4, -0.2) is 9.55 Å². The van der Waals surface area contributed by atoms with Crippen molar-refractivity contribution in [2.24, 2.45) is 5.84 Å². The van der Waals surface area contributed by atoms with Gasteiger partial charge in [0.1, 0.15) is 5.82 Å². The molecule has 0 saturated heterocycles. The minimum absolute atomic E-state index is 0.0962. The Bertz CT molecular complexity index is 516. The fraction of sp³-hybridized carbons (Fsp3) is 0.438. The molecule has 0 aliphatic carbocycles. The van der Waals surface area contributed by atoms with Gasteiger partial charge in [-0.3, -0.25) is 11.3 Å². The maximum absolute atomic E-state index is 5.73. The van der Waals surface area contributed by atoms with E-state index in [1.807, 2.05) is 12.4 Å². The van der Waals surface area contributed by atoms with Crippen molar-refractivity contribution in [2.45, 2.75) is 45.7 Å². The lowest BCUT2D eigenvalue weighted by Crippen LogP contribution is -2.30. The minimum Gasteiger partial charge on any atom is -0.335 e. The summed E-state index contributed by atoms with van der Waals surface area (Å²) < 4.78 is 2.20. The first kappa shape index (κ1) is 14.8. The molecular formula is C16H24N4. The van der Waals surface area contributed by atoms with E-state index in [2.05, 4.69) is 53.1 Å². The summed E-state index contributed by atoms with van der Waals surface area (Å²) >= 11 is 0. The first-order valence-corrected chi connectivity index (χ1v) is 7.33. The Morgan fingerprint density at radius 1 is 1.25 bits per heavy atom. The summed E-state index contributed by atoms with van der Waals surface area (Å²) in [6.45, 7) is 5.34. The molecule has 1 aromatic carbocycles. The lowest BCUT2D eigenvalue weighted by atomic mass is 10.0. The number of aromatic nitrogens is 2. The standard InChI is InChI=1S/C16H24N4/c1-3-10-20-11-9-18-16(20)12-15(19-17)14-7-5-13(4-2)6-8-14/h5-9,11,15,19H,3-4,10,12,17H2,1-2H3. The molecule has 0 saturated carbocycles. The molecule has 0 bridgehead atoms. The molecule has 4 nitrogen and oxygen atoms in total. The van der Waals surface area contributed by atoms with Gasteiger partial charge in [-0.25, -0.2) is 4.98 Å². The van der Waals surface area contributed by atoms with Crippen molar-refractivity contribution in [1.29, 1.82) is 0 Å². The molecule has 0 aliphatic heterocycles. The molecule has 1 heterocycles. The van der Waals surface area contributed by atoms with Gasteiger partial charge in [-0.15, -0.1) is 0 Å². The van der Waals surface area contributed by atoms with Gasteiger partial charge in [0.2, 0.25) is 0 Å². The predicted molar refractivity (Wildman–Crippen MR) is 82.1 cm³/mol. The van der Waals surface area contributed by atoms with Gasteiger partial charge in [0.15, 0.2) is 0 Å². The third-order valence-electron chi connectivity index (χ3n) is 3.64. The van der Waals surface area contributed by atoms with Crippen LogP contribution in [0, 0.1) is 0 Å². The molecule has 0 spiro atoms. The highest BCUT2D eigenvalue weighted by molar-refractivity contribution is 5.25. The van der Waals surface area contributed by atoms with Crippen LogP contribution in [0.2, 0.25) is 0 Å². The second kappa shape index (κ2) is 7.22. The molecule has 20 heavy (non-hydrogen) atoms. The zero-order valence-electron chi connectivity index (χ0n) is 12.3. The normalized spacial score (nSPS) is 12.6. The van der Waals surface area contributed by atoms with Crippen LogP contribution >= 0.6 is 0 Å². The summed E-state index contributed by atoms with van der Waals surface area (Å²) in [4.78, 5) is 4.45. The average Bonchev–Trinajstić information content (AvgIpc) is 2.92. The first-order valence-electron chi connectivity index (χ1n) is 7.33. The Labute approximate surface area is 121 Å². The lowest BCUT2D eigenvalue weighted by Gasteiger charge is -2.17. The fourth-order valence-electron chi connectivity index (χ4n) is 2.42. The van der Waals surface area contributed by atoms with Crippen molar-refractivity contribution < 1.29 is 0 Å². The molecule has 3 N–H and O–H groups in total. The van der Waals surface area contributed by atoms with Crippen LogP contribution in [0.5, 0.6) is 0 Å². The van der Waals surface area contributed by atoms with Crippen molar-refractivity contribution in [3.8, 4) is 0 Å². The molecule has 1 unspecified atom stereocenters. The van der Waals surface area contributed by atoms with Gasteiger partial charge in [-0.05, 0) is 24.0 Å². The van der Waals surface area contributed by atoms with E-state index in [1.165, 1.54) is 11.1 Å². The number of nitrogens with two attached hydrogens (primary N) is 1. The molecule has 4 heteroatoms. The summed E-state index contributed by atoms with van der Waals surface area (Å²) in [6.07, 6.45) is 6.86. The second-order valence-corrected chi connectivity index (χ2v) is 5.06. The van der Waals surface area contributed by atoms with Crippen LogP contribution in [-0.2, 0) is 19.4 Å². The Kier molecular flexibility index (Phi) is 5.32. The number of hydrazine groups is 1. The van der Waals surface area contributed by atoms with E-state index in [9.17, 15) is 0 Å². The third-order valence-corrected chi connectivity index (χ3v) is 3.64. The molecule has 2 aromatic rings. The highest BCUT2D eigenvalue weighted by Crippen LogP contribution is 2.18. The van der Waals surface area contributed by atoms with Crippen molar-refractivity contribution in [2.75, 3.05) is 0 Å².